The number of halogens is 1. The van der Waals surface area contributed by atoms with Gasteiger partial charge in [-0.15, -0.1) is 0 Å². The number of nitrogens with one attached hydrogen (secondary N) is 1. The zero-order valence-corrected chi connectivity index (χ0v) is 11.6. The van der Waals surface area contributed by atoms with Crippen LogP contribution in [0.25, 0.3) is 0 Å². The fourth-order valence-electron chi connectivity index (χ4n) is 1.31. The van der Waals surface area contributed by atoms with E-state index in [1.807, 2.05) is 20.8 Å². The largest absolute Gasteiger partial charge is 0.372 e. The van der Waals surface area contributed by atoms with E-state index in [4.69, 9.17) is 11.6 Å². The Labute approximate surface area is 113 Å². The van der Waals surface area contributed by atoms with E-state index in [2.05, 4.69) is 22.6 Å². The summed E-state index contributed by atoms with van der Waals surface area (Å²) in [6.45, 7) is 9.83. The Bertz CT molecular complexity index is 486. The highest BCUT2D eigenvalue weighted by Crippen LogP contribution is 2.24. The molecule has 18 heavy (non-hydrogen) atoms. The van der Waals surface area contributed by atoms with Gasteiger partial charge in [-0.1, -0.05) is 44.7 Å². The van der Waals surface area contributed by atoms with Crippen LogP contribution in [0.3, 0.4) is 0 Å². The van der Waals surface area contributed by atoms with Crippen LogP contribution in [0.2, 0.25) is 0 Å². The van der Waals surface area contributed by atoms with Crippen molar-refractivity contribution in [3.63, 3.8) is 0 Å². The Balaban J connectivity index is 3.15. The van der Waals surface area contributed by atoms with E-state index in [9.17, 15) is 4.79 Å². The number of hydrogen-bond donors (Lipinski definition) is 1. The smallest absolute Gasteiger partial charge is 0.170 e. The van der Waals surface area contributed by atoms with Crippen molar-refractivity contribution in [2.45, 2.75) is 20.8 Å². The summed E-state index contributed by atoms with van der Waals surface area (Å²) >= 11 is 5.85. The van der Waals surface area contributed by atoms with Crippen molar-refractivity contribution in [2.75, 3.05) is 6.67 Å². The van der Waals surface area contributed by atoms with Gasteiger partial charge in [-0.2, -0.15) is 0 Å². The maximum atomic E-state index is 12.3. The summed E-state index contributed by atoms with van der Waals surface area (Å²) in [5.41, 5.74) is 3.46. The number of rotatable bonds is 1. The molecular formula is C14H17ClN2O. The summed E-state index contributed by atoms with van der Waals surface area (Å²) < 4.78 is 0. The monoisotopic (exact) mass is 264 g/mol. The van der Waals surface area contributed by atoms with E-state index >= 15 is 0 Å². The van der Waals surface area contributed by atoms with Crippen molar-refractivity contribution in [3.8, 4) is 0 Å². The van der Waals surface area contributed by atoms with E-state index in [0.717, 1.165) is 0 Å². The highest BCUT2D eigenvalue weighted by molar-refractivity contribution is 6.39. The number of aliphatic imine (C=N–C) groups is 1. The Morgan fingerprint density at radius 2 is 2.22 bits per heavy atom. The van der Waals surface area contributed by atoms with Crippen LogP contribution in [0.5, 0.6) is 0 Å². The van der Waals surface area contributed by atoms with Gasteiger partial charge >= 0.3 is 0 Å². The SMILES string of the molecule is C=C1C=C=C(Cl)/C=N\CN/C=C\1C(=O)C(C)(C)C. The van der Waals surface area contributed by atoms with Crippen molar-refractivity contribution in [2.24, 2.45) is 10.4 Å². The highest BCUT2D eigenvalue weighted by atomic mass is 35.5. The van der Waals surface area contributed by atoms with Gasteiger partial charge in [0.25, 0.3) is 0 Å². The molecule has 1 rings (SSSR count). The molecule has 1 heterocycles. The fourth-order valence-corrected chi connectivity index (χ4v) is 1.43. The molecule has 0 saturated carbocycles. The predicted molar refractivity (Wildman–Crippen MR) is 75.6 cm³/mol. The quantitative estimate of drug-likeness (QED) is 0.740. The van der Waals surface area contributed by atoms with Crippen molar-refractivity contribution < 1.29 is 4.79 Å². The minimum atomic E-state index is -0.467. The molecule has 0 aromatic heterocycles. The van der Waals surface area contributed by atoms with Crippen molar-refractivity contribution in [1.82, 2.24) is 5.32 Å². The number of carbonyl (C=O) groups is 1. The molecule has 0 aliphatic carbocycles. The molecule has 1 aliphatic heterocycles. The molecular weight excluding hydrogens is 248 g/mol. The second kappa shape index (κ2) is 5.85. The second-order valence-electron chi connectivity index (χ2n) is 4.97. The minimum absolute atomic E-state index is 0.0127. The zero-order valence-electron chi connectivity index (χ0n) is 10.9. The van der Waals surface area contributed by atoms with Crippen LogP contribution in [-0.4, -0.2) is 18.7 Å². The lowest BCUT2D eigenvalue weighted by Gasteiger charge is -2.19. The fraction of sp³-hybridized carbons (Fsp3) is 0.357. The third-order valence-corrected chi connectivity index (χ3v) is 2.50. The zero-order chi connectivity index (χ0) is 13.8. The van der Waals surface area contributed by atoms with E-state index in [-0.39, 0.29) is 5.78 Å². The van der Waals surface area contributed by atoms with Crippen molar-refractivity contribution in [1.29, 1.82) is 0 Å². The highest BCUT2D eigenvalue weighted by Gasteiger charge is 2.25. The average Bonchev–Trinajstić information content (AvgIpc) is 2.28. The first-order valence-corrected chi connectivity index (χ1v) is 6.00. The molecule has 0 bridgehead atoms. The van der Waals surface area contributed by atoms with Gasteiger partial charge in [-0.3, -0.25) is 9.79 Å². The molecule has 0 spiro atoms. The number of hydrogen-bond acceptors (Lipinski definition) is 3. The van der Waals surface area contributed by atoms with Gasteiger partial charge in [0.1, 0.15) is 11.7 Å². The normalized spacial score (nSPS) is 21.4. The molecule has 0 aromatic rings. The number of Topliss-reactive ketones (excluding diaryl/α,β-unsaturated/α-hetero) is 1. The molecule has 0 atom stereocenters. The molecule has 0 amide bonds. The van der Waals surface area contributed by atoms with Gasteiger partial charge in [0.05, 0.1) is 0 Å². The van der Waals surface area contributed by atoms with Crippen molar-refractivity contribution >= 4 is 23.6 Å². The average molecular weight is 265 g/mol. The summed E-state index contributed by atoms with van der Waals surface area (Å²) in [4.78, 5) is 16.3. The topological polar surface area (TPSA) is 41.5 Å². The number of allylic oxidation sites excluding steroid dienone is 3. The van der Waals surface area contributed by atoms with E-state index < -0.39 is 5.41 Å². The molecule has 4 heteroatoms. The molecule has 3 nitrogen and oxygen atoms in total. The van der Waals surface area contributed by atoms with Crippen LogP contribution in [0.15, 0.2) is 45.8 Å². The molecule has 0 radical (unpaired) electrons. The van der Waals surface area contributed by atoms with E-state index in [1.165, 1.54) is 6.21 Å². The predicted octanol–water partition coefficient (Wildman–Crippen LogP) is 2.95. The Hall–Kier alpha value is -1.57. The van der Waals surface area contributed by atoms with E-state index in [1.54, 1.807) is 12.3 Å². The van der Waals surface area contributed by atoms with Crippen LogP contribution in [0, 0.1) is 5.41 Å². The lowest BCUT2D eigenvalue weighted by Crippen LogP contribution is -2.24. The van der Waals surface area contributed by atoms with Crippen LogP contribution >= 0.6 is 11.6 Å². The van der Waals surface area contributed by atoms with Gasteiger partial charge in [0, 0.05) is 23.4 Å². The number of ketones is 1. The Kier molecular flexibility index (Phi) is 4.71. The molecule has 0 fully saturated rings. The summed E-state index contributed by atoms with van der Waals surface area (Å²) in [5.74, 6) is 0.0127. The Morgan fingerprint density at radius 1 is 1.56 bits per heavy atom. The molecule has 0 saturated heterocycles. The molecule has 0 unspecified atom stereocenters. The van der Waals surface area contributed by atoms with Gasteiger partial charge in [0.15, 0.2) is 5.78 Å². The summed E-state index contributed by atoms with van der Waals surface area (Å²) in [6.07, 6.45) is 4.74. The third kappa shape index (κ3) is 4.02. The van der Waals surface area contributed by atoms with Gasteiger partial charge < -0.3 is 5.32 Å². The van der Waals surface area contributed by atoms with Crippen LogP contribution in [-0.2, 0) is 4.79 Å². The lowest BCUT2D eigenvalue weighted by molar-refractivity contribution is -0.122. The molecule has 0 aromatic carbocycles. The first-order chi connectivity index (χ1) is 8.32. The number of carbonyl (C=O) groups excluding carboxylic acids is 1. The van der Waals surface area contributed by atoms with Gasteiger partial charge in [-0.25, -0.2) is 0 Å². The number of nitrogens with zero attached hydrogens (tertiary/aromatic N) is 1. The maximum Gasteiger partial charge on any atom is 0.170 e. The van der Waals surface area contributed by atoms with Gasteiger partial charge in [-0.05, 0) is 11.6 Å². The summed E-state index contributed by atoms with van der Waals surface area (Å²) in [7, 11) is 0. The Morgan fingerprint density at radius 3 is 2.83 bits per heavy atom. The second-order valence-corrected chi connectivity index (χ2v) is 5.38. The molecule has 1 aliphatic rings. The summed E-state index contributed by atoms with van der Waals surface area (Å²) in [5, 5.41) is 3.32. The third-order valence-electron chi connectivity index (χ3n) is 2.29. The van der Waals surface area contributed by atoms with Crippen LogP contribution < -0.4 is 5.32 Å². The lowest BCUT2D eigenvalue weighted by atomic mass is 9.84. The first-order valence-electron chi connectivity index (χ1n) is 5.62. The standard InChI is InChI=1S/C14H17ClN2O/c1-10-5-6-11(15)7-16-9-17-8-12(10)13(18)14(2,3)4/h5,7-8,17H,1,9H2,2-4H3/b12-8+,16-7-. The van der Waals surface area contributed by atoms with Crippen LogP contribution in [0.4, 0.5) is 0 Å². The van der Waals surface area contributed by atoms with E-state index in [0.29, 0.717) is 22.8 Å². The first kappa shape index (κ1) is 14.5. The van der Waals surface area contributed by atoms with Crippen LogP contribution in [0.1, 0.15) is 20.8 Å². The van der Waals surface area contributed by atoms with Gasteiger partial charge in [0.2, 0.25) is 0 Å². The molecule has 96 valence electrons. The minimum Gasteiger partial charge on any atom is -0.372 e. The maximum absolute atomic E-state index is 12.3. The van der Waals surface area contributed by atoms with Crippen molar-refractivity contribution in [3.05, 3.63) is 40.8 Å². The molecule has 1 N–H and O–H groups in total. The summed E-state index contributed by atoms with van der Waals surface area (Å²) in [6, 6.07) is 0.